The second kappa shape index (κ2) is 7.94. The first-order chi connectivity index (χ1) is 12.1. The number of carbonyl (C=O) groups excluding carboxylic acids is 1. The lowest BCUT2D eigenvalue weighted by Gasteiger charge is -2.28. The lowest BCUT2D eigenvalue weighted by Crippen LogP contribution is -2.36. The van der Waals surface area contributed by atoms with Crippen molar-refractivity contribution >= 4 is 40.9 Å². The van der Waals surface area contributed by atoms with Gasteiger partial charge in [-0.05, 0) is 44.0 Å². The summed E-state index contributed by atoms with van der Waals surface area (Å²) < 4.78 is 7.66. The molecule has 1 saturated carbocycles. The van der Waals surface area contributed by atoms with Crippen LogP contribution in [0.2, 0.25) is 0 Å². The maximum absolute atomic E-state index is 11.9. The van der Waals surface area contributed by atoms with Crippen molar-refractivity contribution < 1.29 is 9.53 Å². The van der Waals surface area contributed by atoms with Gasteiger partial charge in [-0.3, -0.25) is 4.79 Å². The summed E-state index contributed by atoms with van der Waals surface area (Å²) in [7, 11) is 0. The smallest absolute Gasteiger partial charge is 0.191 e. The van der Waals surface area contributed by atoms with Crippen LogP contribution < -0.4 is 9.70 Å². The number of thiazole rings is 1. The van der Waals surface area contributed by atoms with Crippen molar-refractivity contribution in [2.45, 2.75) is 32.7 Å². The van der Waals surface area contributed by atoms with Crippen molar-refractivity contribution in [1.82, 2.24) is 4.57 Å². The predicted octanol–water partition coefficient (Wildman–Crippen LogP) is 3.89. The second-order valence-electron chi connectivity index (χ2n) is 6.68. The Morgan fingerprint density at radius 1 is 1.19 bits per heavy atom. The van der Waals surface area contributed by atoms with E-state index in [0.29, 0.717) is 6.04 Å². The number of anilines is 1. The van der Waals surface area contributed by atoms with E-state index >= 15 is 0 Å². The molecule has 2 fully saturated rings. The first-order valence-electron chi connectivity index (χ1n) is 8.84. The van der Waals surface area contributed by atoms with Crippen LogP contribution in [0.25, 0.3) is 0 Å². The van der Waals surface area contributed by atoms with Gasteiger partial charge in [0.05, 0.1) is 23.8 Å². The average molecular weight is 394 g/mol. The number of nitrogens with zero attached hydrogens (tertiary/aromatic N) is 3. The summed E-state index contributed by atoms with van der Waals surface area (Å²) in [6.07, 6.45) is 2.36. The molecule has 2 aliphatic rings. The summed E-state index contributed by atoms with van der Waals surface area (Å²) in [4.78, 5) is 20.8. The number of hydrogen-bond donors (Lipinski definition) is 0. The summed E-state index contributed by atoms with van der Waals surface area (Å²) >= 11 is 1.51. The summed E-state index contributed by atoms with van der Waals surface area (Å²) in [6.45, 7) is 7.11. The van der Waals surface area contributed by atoms with E-state index in [4.69, 9.17) is 9.73 Å². The Balaban J connectivity index is 0.00000196. The van der Waals surface area contributed by atoms with Crippen molar-refractivity contribution in [3.8, 4) is 0 Å². The highest BCUT2D eigenvalue weighted by atomic mass is 35.5. The quantitative estimate of drug-likeness (QED) is 0.740. The summed E-state index contributed by atoms with van der Waals surface area (Å²) in [6, 6.07) is 8.88. The van der Waals surface area contributed by atoms with Gasteiger partial charge in [0.2, 0.25) is 0 Å². The van der Waals surface area contributed by atoms with Crippen LogP contribution in [0.1, 0.15) is 41.2 Å². The fourth-order valence-electron chi connectivity index (χ4n) is 3.30. The lowest BCUT2D eigenvalue weighted by molar-refractivity contribution is 0.102. The number of carbonyl (C=O) groups is 1. The van der Waals surface area contributed by atoms with E-state index < -0.39 is 0 Å². The Kier molecular flexibility index (Phi) is 5.85. The van der Waals surface area contributed by atoms with Crippen molar-refractivity contribution in [2.24, 2.45) is 4.99 Å². The molecule has 0 N–H and O–H groups in total. The van der Waals surface area contributed by atoms with E-state index in [1.54, 1.807) is 6.92 Å². The van der Waals surface area contributed by atoms with E-state index in [9.17, 15) is 4.79 Å². The minimum absolute atomic E-state index is 0. The second-order valence-corrected chi connectivity index (χ2v) is 7.66. The number of rotatable bonds is 4. The van der Waals surface area contributed by atoms with Crippen LogP contribution in [0.4, 0.5) is 11.4 Å². The number of hydrogen-bond acceptors (Lipinski definition) is 5. The van der Waals surface area contributed by atoms with E-state index in [2.05, 4.69) is 33.7 Å². The van der Waals surface area contributed by atoms with E-state index in [-0.39, 0.29) is 18.2 Å². The van der Waals surface area contributed by atoms with Crippen molar-refractivity contribution in [1.29, 1.82) is 0 Å². The predicted molar refractivity (Wildman–Crippen MR) is 107 cm³/mol. The summed E-state index contributed by atoms with van der Waals surface area (Å²) in [5.41, 5.74) is 3.20. The third-order valence-corrected chi connectivity index (χ3v) is 6.03. The lowest BCUT2D eigenvalue weighted by atomic mass is 10.2. The van der Waals surface area contributed by atoms with Crippen molar-refractivity contribution in [2.75, 3.05) is 31.2 Å². The zero-order valence-corrected chi connectivity index (χ0v) is 16.7. The van der Waals surface area contributed by atoms with Gasteiger partial charge in [0, 0.05) is 37.4 Å². The molecule has 1 aromatic carbocycles. The molecule has 2 aromatic rings. The molecule has 0 amide bonds. The van der Waals surface area contributed by atoms with Gasteiger partial charge in [0.1, 0.15) is 0 Å². The molecule has 1 aliphatic heterocycles. The van der Waals surface area contributed by atoms with Crippen LogP contribution in [0.3, 0.4) is 0 Å². The van der Waals surface area contributed by atoms with Gasteiger partial charge < -0.3 is 14.2 Å². The highest BCUT2D eigenvalue weighted by Crippen LogP contribution is 2.36. The topological polar surface area (TPSA) is 46.8 Å². The molecule has 7 heteroatoms. The first-order valence-corrected chi connectivity index (χ1v) is 9.65. The van der Waals surface area contributed by atoms with Gasteiger partial charge in [0.25, 0.3) is 0 Å². The van der Waals surface area contributed by atoms with Crippen LogP contribution in [0.5, 0.6) is 0 Å². The molecule has 2 heterocycles. The van der Waals surface area contributed by atoms with Crippen LogP contribution in [-0.4, -0.2) is 36.7 Å². The van der Waals surface area contributed by atoms with Crippen LogP contribution in [-0.2, 0) is 4.74 Å². The fraction of sp³-hybridized carbons (Fsp3) is 0.474. The first kappa shape index (κ1) is 19.1. The number of halogens is 1. The monoisotopic (exact) mass is 393 g/mol. The number of benzene rings is 1. The maximum atomic E-state index is 11.9. The van der Waals surface area contributed by atoms with Crippen molar-refractivity contribution in [3.05, 3.63) is 39.6 Å². The molecule has 1 aliphatic carbocycles. The number of Topliss-reactive ketones (excluding diaryl/α,β-unsaturated/α-hetero) is 1. The average Bonchev–Trinajstić information content (AvgIpc) is 3.40. The van der Waals surface area contributed by atoms with E-state index in [1.807, 2.05) is 6.92 Å². The highest BCUT2D eigenvalue weighted by Gasteiger charge is 2.28. The molecule has 1 aromatic heterocycles. The molecule has 0 atom stereocenters. The van der Waals surface area contributed by atoms with Gasteiger partial charge in [0.15, 0.2) is 10.6 Å². The molecule has 26 heavy (non-hydrogen) atoms. The minimum Gasteiger partial charge on any atom is -0.378 e. The molecule has 140 valence electrons. The van der Waals surface area contributed by atoms with Gasteiger partial charge >= 0.3 is 0 Å². The Bertz CT molecular complexity index is 847. The minimum atomic E-state index is 0. The van der Waals surface area contributed by atoms with Gasteiger partial charge in [-0.2, -0.15) is 0 Å². The zero-order valence-electron chi connectivity index (χ0n) is 15.1. The Morgan fingerprint density at radius 2 is 1.85 bits per heavy atom. The molecular formula is C19H24ClN3O2S. The molecule has 0 spiro atoms. The van der Waals surface area contributed by atoms with Gasteiger partial charge in [-0.25, -0.2) is 4.99 Å². The third-order valence-electron chi connectivity index (χ3n) is 4.77. The van der Waals surface area contributed by atoms with Crippen LogP contribution in [0.15, 0.2) is 29.3 Å². The SMILES string of the molecule is CC(=O)c1s/c(=N\c2ccc(N3CCOCC3)cc2)n(C2CC2)c1C.Cl. The largest absolute Gasteiger partial charge is 0.378 e. The van der Waals surface area contributed by atoms with Gasteiger partial charge in [-0.15, -0.1) is 12.4 Å². The summed E-state index contributed by atoms with van der Waals surface area (Å²) in [5, 5.41) is 0. The Hall–Kier alpha value is -1.63. The number of morpholine rings is 1. The normalized spacial score (nSPS) is 17.9. The molecular weight excluding hydrogens is 370 g/mol. The van der Waals surface area contributed by atoms with E-state index in [0.717, 1.165) is 47.4 Å². The molecule has 5 nitrogen and oxygen atoms in total. The molecule has 0 bridgehead atoms. The van der Waals surface area contributed by atoms with Crippen LogP contribution in [0, 0.1) is 6.92 Å². The Morgan fingerprint density at radius 3 is 2.42 bits per heavy atom. The van der Waals surface area contributed by atoms with Crippen molar-refractivity contribution in [3.63, 3.8) is 0 Å². The van der Waals surface area contributed by atoms with Gasteiger partial charge in [-0.1, -0.05) is 11.3 Å². The number of ketones is 1. The zero-order chi connectivity index (χ0) is 17.4. The number of aromatic nitrogens is 1. The fourth-order valence-corrected chi connectivity index (χ4v) is 4.41. The maximum Gasteiger partial charge on any atom is 0.191 e. The van der Waals surface area contributed by atoms with E-state index in [1.165, 1.54) is 29.9 Å². The number of ether oxygens (including phenoxy) is 1. The summed E-state index contributed by atoms with van der Waals surface area (Å²) in [5.74, 6) is 0.126. The molecule has 1 saturated heterocycles. The van der Waals surface area contributed by atoms with Crippen LogP contribution >= 0.6 is 23.7 Å². The highest BCUT2D eigenvalue weighted by molar-refractivity contribution is 7.11. The molecule has 4 rings (SSSR count). The molecule has 0 unspecified atom stereocenters. The third kappa shape index (κ3) is 3.87. The Labute approximate surface area is 163 Å². The standard InChI is InChI=1S/C19H23N3O2S.ClH/c1-13-18(14(2)23)25-19(22(13)17-7-8-17)20-15-3-5-16(6-4-15)21-9-11-24-12-10-21;/h3-6,17H,7-12H2,1-2H3;1H/b20-19-;. The molecule has 0 radical (unpaired) electrons.